The molecule has 0 spiro atoms. The number of ether oxygens (including phenoxy) is 1. The fraction of sp³-hybridized carbons (Fsp3) is 0.214. The van der Waals surface area contributed by atoms with Crippen molar-refractivity contribution in [1.82, 2.24) is 9.97 Å². The van der Waals surface area contributed by atoms with Gasteiger partial charge in [0.2, 0.25) is 0 Å². The molecule has 0 radical (unpaired) electrons. The third-order valence-electron chi connectivity index (χ3n) is 2.61. The molecule has 4 nitrogen and oxygen atoms in total. The van der Waals surface area contributed by atoms with Crippen molar-refractivity contribution >= 4 is 5.78 Å². The molecule has 18 heavy (non-hydrogen) atoms. The highest BCUT2D eigenvalue weighted by Crippen LogP contribution is 2.24. The van der Waals surface area contributed by atoms with Crippen LogP contribution in [0.25, 0.3) is 0 Å². The van der Waals surface area contributed by atoms with Gasteiger partial charge in [-0.2, -0.15) is 0 Å². The van der Waals surface area contributed by atoms with Gasteiger partial charge >= 0.3 is 6.01 Å². The highest BCUT2D eigenvalue weighted by molar-refractivity contribution is 5.97. The zero-order chi connectivity index (χ0) is 13.1. The largest absolute Gasteiger partial charge is 0.424 e. The number of benzene rings is 1. The summed E-state index contributed by atoms with van der Waals surface area (Å²) in [5.74, 6) is 0.703. The van der Waals surface area contributed by atoms with Crippen LogP contribution in [0.3, 0.4) is 0 Å². The Morgan fingerprint density at radius 3 is 2.17 bits per heavy atom. The van der Waals surface area contributed by atoms with Gasteiger partial charge in [-0.15, -0.1) is 0 Å². The SMILES string of the molecule is CC(=O)c1c(C)cc(Oc2ncccn2)cc1C. The number of rotatable bonds is 3. The van der Waals surface area contributed by atoms with Crippen LogP contribution in [0.2, 0.25) is 0 Å². The Morgan fingerprint density at radius 1 is 1.11 bits per heavy atom. The van der Waals surface area contributed by atoms with Crippen LogP contribution in [0, 0.1) is 13.8 Å². The summed E-state index contributed by atoms with van der Waals surface area (Å²) in [5.41, 5.74) is 2.54. The Bertz CT molecular complexity index is 557. The lowest BCUT2D eigenvalue weighted by Crippen LogP contribution is -2.01. The number of aromatic nitrogens is 2. The van der Waals surface area contributed by atoms with E-state index in [-0.39, 0.29) is 5.78 Å². The summed E-state index contributed by atoms with van der Waals surface area (Å²) in [4.78, 5) is 19.5. The third-order valence-corrected chi connectivity index (χ3v) is 2.61. The van der Waals surface area contributed by atoms with E-state index in [1.54, 1.807) is 25.4 Å². The number of ketones is 1. The van der Waals surface area contributed by atoms with Crippen molar-refractivity contribution < 1.29 is 9.53 Å². The number of Topliss-reactive ketones (excluding diaryl/α,β-unsaturated/α-hetero) is 1. The molecule has 1 heterocycles. The minimum absolute atomic E-state index is 0.0625. The molecular formula is C14H14N2O2. The van der Waals surface area contributed by atoms with E-state index in [4.69, 9.17) is 4.74 Å². The van der Waals surface area contributed by atoms with Crippen molar-refractivity contribution in [2.75, 3.05) is 0 Å². The molecular weight excluding hydrogens is 228 g/mol. The van der Waals surface area contributed by atoms with Crippen LogP contribution in [-0.2, 0) is 0 Å². The van der Waals surface area contributed by atoms with Crippen molar-refractivity contribution in [2.24, 2.45) is 0 Å². The third kappa shape index (κ3) is 2.53. The molecule has 0 bridgehead atoms. The van der Waals surface area contributed by atoms with Crippen LogP contribution in [0.4, 0.5) is 0 Å². The lowest BCUT2D eigenvalue weighted by atomic mass is 9.99. The summed E-state index contributed by atoms with van der Waals surface area (Å²) in [6.07, 6.45) is 3.23. The number of aryl methyl sites for hydroxylation is 2. The van der Waals surface area contributed by atoms with Gasteiger partial charge in [0.1, 0.15) is 5.75 Å². The van der Waals surface area contributed by atoms with Crippen molar-refractivity contribution in [3.05, 3.63) is 47.3 Å². The first-order chi connectivity index (χ1) is 8.58. The minimum atomic E-state index is 0.0625. The molecule has 0 atom stereocenters. The predicted molar refractivity (Wildman–Crippen MR) is 68.0 cm³/mol. The average Bonchev–Trinajstić information content (AvgIpc) is 2.28. The molecule has 1 aromatic carbocycles. The maximum absolute atomic E-state index is 11.5. The number of nitrogens with zero attached hydrogens (tertiary/aromatic N) is 2. The average molecular weight is 242 g/mol. The highest BCUT2D eigenvalue weighted by atomic mass is 16.5. The van der Waals surface area contributed by atoms with Crippen LogP contribution < -0.4 is 4.74 Å². The van der Waals surface area contributed by atoms with E-state index in [0.29, 0.717) is 11.8 Å². The molecule has 2 aromatic rings. The molecule has 0 aliphatic rings. The maximum Gasteiger partial charge on any atom is 0.321 e. The summed E-state index contributed by atoms with van der Waals surface area (Å²) in [7, 11) is 0. The Kier molecular flexibility index (Phi) is 3.37. The first kappa shape index (κ1) is 12.2. The Hall–Kier alpha value is -2.23. The number of hydrogen-bond acceptors (Lipinski definition) is 4. The number of hydrogen-bond donors (Lipinski definition) is 0. The summed E-state index contributed by atoms with van der Waals surface area (Å²) in [6.45, 7) is 5.35. The molecule has 0 amide bonds. The normalized spacial score (nSPS) is 10.2. The Morgan fingerprint density at radius 2 is 1.67 bits per heavy atom. The zero-order valence-corrected chi connectivity index (χ0v) is 10.6. The van der Waals surface area contributed by atoms with Gasteiger partial charge in [0, 0.05) is 18.0 Å². The van der Waals surface area contributed by atoms with Crippen LogP contribution in [0.15, 0.2) is 30.6 Å². The van der Waals surface area contributed by atoms with Crippen LogP contribution in [0.1, 0.15) is 28.4 Å². The van der Waals surface area contributed by atoms with Gasteiger partial charge in [-0.25, -0.2) is 9.97 Å². The van der Waals surface area contributed by atoms with Crippen LogP contribution in [-0.4, -0.2) is 15.8 Å². The fourth-order valence-corrected chi connectivity index (χ4v) is 1.98. The molecule has 0 unspecified atom stereocenters. The fourth-order valence-electron chi connectivity index (χ4n) is 1.98. The van der Waals surface area contributed by atoms with Gasteiger partial charge in [-0.1, -0.05) is 0 Å². The van der Waals surface area contributed by atoms with Gasteiger partial charge in [0.05, 0.1) is 0 Å². The standard InChI is InChI=1S/C14H14N2O2/c1-9-7-12(8-10(2)13(9)11(3)17)18-14-15-5-4-6-16-14/h4-8H,1-3H3. The minimum Gasteiger partial charge on any atom is -0.424 e. The molecule has 1 aromatic heterocycles. The van der Waals surface area contributed by atoms with Gasteiger partial charge < -0.3 is 4.74 Å². The van der Waals surface area contributed by atoms with Gasteiger partial charge in [0.15, 0.2) is 5.78 Å². The van der Waals surface area contributed by atoms with Crippen molar-refractivity contribution in [3.8, 4) is 11.8 Å². The Labute approximate surface area is 106 Å². The van der Waals surface area contributed by atoms with Crippen LogP contribution >= 0.6 is 0 Å². The predicted octanol–water partition coefficient (Wildman–Crippen LogP) is 3.09. The first-order valence-electron chi connectivity index (χ1n) is 5.65. The van der Waals surface area contributed by atoms with E-state index in [1.165, 1.54) is 0 Å². The molecule has 4 heteroatoms. The first-order valence-corrected chi connectivity index (χ1v) is 5.65. The molecule has 0 aliphatic heterocycles. The molecule has 0 fully saturated rings. The monoisotopic (exact) mass is 242 g/mol. The molecule has 92 valence electrons. The molecule has 0 saturated heterocycles. The van der Waals surface area contributed by atoms with E-state index in [9.17, 15) is 4.79 Å². The second-order valence-electron chi connectivity index (χ2n) is 4.12. The summed E-state index contributed by atoms with van der Waals surface area (Å²) in [5, 5.41) is 0. The summed E-state index contributed by atoms with van der Waals surface area (Å²) >= 11 is 0. The van der Waals surface area contributed by atoms with E-state index in [0.717, 1.165) is 16.7 Å². The van der Waals surface area contributed by atoms with E-state index < -0.39 is 0 Å². The lowest BCUT2D eigenvalue weighted by Gasteiger charge is -2.10. The molecule has 0 saturated carbocycles. The molecule has 2 rings (SSSR count). The van der Waals surface area contributed by atoms with E-state index >= 15 is 0 Å². The molecule has 0 aliphatic carbocycles. The van der Waals surface area contributed by atoms with Gasteiger partial charge in [-0.3, -0.25) is 4.79 Å². The smallest absolute Gasteiger partial charge is 0.321 e. The van der Waals surface area contributed by atoms with E-state index in [1.807, 2.05) is 26.0 Å². The van der Waals surface area contributed by atoms with Gasteiger partial charge in [-0.05, 0) is 50.1 Å². The van der Waals surface area contributed by atoms with E-state index in [2.05, 4.69) is 9.97 Å². The van der Waals surface area contributed by atoms with Crippen molar-refractivity contribution in [1.29, 1.82) is 0 Å². The van der Waals surface area contributed by atoms with Crippen molar-refractivity contribution in [2.45, 2.75) is 20.8 Å². The molecule has 0 N–H and O–H groups in total. The highest BCUT2D eigenvalue weighted by Gasteiger charge is 2.10. The quantitative estimate of drug-likeness (QED) is 0.776. The van der Waals surface area contributed by atoms with Crippen LogP contribution in [0.5, 0.6) is 11.8 Å². The Balaban J connectivity index is 2.34. The second-order valence-corrected chi connectivity index (χ2v) is 4.12. The lowest BCUT2D eigenvalue weighted by molar-refractivity contribution is 0.101. The number of carbonyl (C=O) groups excluding carboxylic acids is 1. The zero-order valence-electron chi connectivity index (χ0n) is 10.6. The van der Waals surface area contributed by atoms with Crippen molar-refractivity contribution in [3.63, 3.8) is 0 Å². The van der Waals surface area contributed by atoms with Gasteiger partial charge in [0.25, 0.3) is 0 Å². The summed E-state index contributed by atoms with van der Waals surface area (Å²) < 4.78 is 5.54. The topological polar surface area (TPSA) is 52.1 Å². The number of carbonyl (C=O) groups is 1. The maximum atomic E-state index is 11.5. The summed E-state index contributed by atoms with van der Waals surface area (Å²) in [6, 6.07) is 5.66. The second kappa shape index (κ2) is 4.96.